The molecular weight excluding hydrogens is 389 g/mol. The van der Waals surface area contributed by atoms with Gasteiger partial charge in [-0.05, 0) is 29.8 Å². The van der Waals surface area contributed by atoms with Crippen LogP contribution in [0.2, 0.25) is 0 Å². The summed E-state index contributed by atoms with van der Waals surface area (Å²) < 4.78 is 24.4. The third kappa shape index (κ3) is 4.13. The van der Waals surface area contributed by atoms with E-state index in [9.17, 15) is 14.3 Å². The number of methoxy groups -OCH3 is 1. The van der Waals surface area contributed by atoms with Crippen LogP contribution in [0.25, 0.3) is 11.1 Å². The van der Waals surface area contributed by atoms with Crippen LogP contribution in [0.5, 0.6) is 11.5 Å². The molecule has 2 atom stereocenters. The second kappa shape index (κ2) is 8.54. The Kier molecular flexibility index (Phi) is 5.67. The molecule has 1 aromatic heterocycles. The lowest BCUT2D eigenvalue weighted by molar-refractivity contribution is -0.0207. The van der Waals surface area contributed by atoms with Crippen molar-refractivity contribution in [3.8, 4) is 22.6 Å². The number of ether oxygens (including phenoxy) is 2. The molecule has 2 N–H and O–H groups in total. The predicted molar refractivity (Wildman–Crippen MR) is 108 cm³/mol. The van der Waals surface area contributed by atoms with Gasteiger partial charge >= 0.3 is 0 Å². The standard InChI is InChI=1S/C22H22FN3O4/c1-29-21-10-17(23)5-6-20(21)30-19-7-8-26(13-18(19)27)22(28)15-4-2-3-14(9-15)16-11-24-25-12-16/h2-6,9-12,18-19,27H,7-8,13H2,1H3,(H,24,25)/t18-,19-/m1/s1. The largest absolute Gasteiger partial charge is 0.493 e. The van der Waals surface area contributed by atoms with E-state index in [1.54, 1.807) is 23.4 Å². The number of piperidine rings is 1. The number of nitrogens with zero attached hydrogens (tertiary/aromatic N) is 2. The molecule has 156 valence electrons. The molecule has 7 nitrogen and oxygen atoms in total. The third-order valence-corrected chi connectivity index (χ3v) is 5.15. The van der Waals surface area contributed by atoms with Crippen molar-refractivity contribution in [3.63, 3.8) is 0 Å². The van der Waals surface area contributed by atoms with Crippen molar-refractivity contribution >= 4 is 5.91 Å². The number of amides is 1. The average molecular weight is 411 g/mol. The number of aromatic amines is 1. The van der Waals surface area contributed by atoms with Gasteiger partial charge in [-0.3, -0.25) is 9.89 Å². The van der Waals surface area contributed by atoms with Gasteiger partial charge in [0.05, 0.1) is 19.9 Å². The molecule has 1 saturated heterocycles. The summed E-state index contributed by atoms with van der Waals surface area (Å²) in [5, 5.41) is 17.3. The van der Waals surface area contributed by atoms with Crippen molar-refractivity contribution in [3.05, 3.63) is 66.2 Å². The molecule has 0 aliphatic carbocycles. The van der Waals surface area contributed by atoms with Crippen molar-refractivity contribution in [1.82, 2.24) is 15.1 Å². The van der Waals surface area contributed by atoms with Gasteiger partial charge in [0.1, 0.15) is 18.0 Å². The maximum absolute atomic E-state index is 13.4. The molecule has 30 heavy (non-hydrogen) atoms. The van der Waals surface area contributed by atoms with Crippen LogP contribution in [-0.2, 0) is 0 Å². The summed E-state index contributed by atoms with van der Waals surface area (Å²) in [6.45, 7) is 0.572. The van der Waals surface area contributed by atoms with Crippen LogP contribution in [0.3, 0.4) is 0 Å². The highest BCUT2D eigenvalue weighted by molar-refractivity contribution is 5.95. The van der Waals surface area contributed by atoms with Gasteiger partial charge in [-0.15, -0.1) is 0 Å². The van der Waals surface area contributed by atoms with Gasteiger partial charge in [-0.1, -0.05) is 12.1 Å². The lowest BCUT2D eigenvalue weighted by atomic mass is 10.0. The Morgan fingerprint density at radius 1 is 1.23 bits per heavy atom. The number of halogens is 1. The highest BCUT2D eigenvalue weighted by atomic mass is 19.1. The number of aliphatic hydroxyl groups excluding tert-OH is 1. The second-order valence-corrected chi connectivity index (χ2v) is 7.13. The Hall–Kier alpha value is -3.39. The van der Waals surface area contributed by atoms with E-state index in [0.717, 1.165) is 11.1 Å². The molecule has 8 heteroatoms. The first-order valence-electron chi connectivity index (χ1n) is 9.62. The van der Waals surface area contributed by atoms with E-state index in [4.69, 9.17) is 9.47 Å². The molecule has 2 heterocycles. The SMILES string of the molecule is COc1cc(F)ccc1O[C@@H]1CCN(C(=O)c2cccc(-c3cn[nH]c3)c2)C[C@H]1O. The van der Waals surface area contributed by atoms with Crippen molar-refractivity contribution in [2.75, 3.05) is 20.2 Å². The highest BCUT2D eigenvalue weighted by Crippen LogP contribution is 2.30. The molecule has 1 aliphatic rings. The fourth-order valence-electron chi connectivity index (χ4n) is 3.56. The third-order valence-electron chi connectivity index (χ3n) is 5.15. The Balaban J connectivity index is 1.43. The summed E-state index contributed by atoms with van der Waals surface area (Å²) in [5.41, 5.74) is 2.32. The number of rotatable bonds is 5. The minimum Gasteiger partial charge on any atom is -0.493 e. The Bertz CT molecular complexity index is 1020. The van der Waals surface area contributed by atoms with E-state index in [0.29, 0.717) is 24.3 Å². The van der Waals surface area contributed by atoms with Gasteiger partial charge in [-0.2, -0.15) is 5.10 Å². The van der Waals surface area contributed by atoms with E-state index in [1.165, 1.54) is 25.3 Å². The zero-order chi connectivity index (χ0) is 21.1. The van der Waals surface area contributed by atoms with Crippen LogP contribution in [0, 0.1) is 5.82 Å². The number of aromatic nitrogens is 2. The molecule has 0 spiro atoms. The van der Waals surface area contributed by atoms with Crippen LogP contribution in [-0.4, -0.2) is 58.5 Å². The minimum absolute atomic E-state index is 0.142. The van der Waals surface area contributed by atoms with Crippen LogP contribution in [0.1, 0.15) is 16.8 Å². The van der Waals surface area contributed by atoms with Crippen molar-refractivity contribution < 1.29 is 23.8 Å². The fraction of sp³-hybridized carbons (Fsp3) is 0.273. The van der Waals surface area contributed by atoms with Crippen molar-refractivity contribution in [1.29, 1.82) is 0 Å². The van der Waals surface area contributed by atoms with Gasteiger partial charge in [0.15, 0.2) is 11.5 Å². The number of H-pyrrole nitrogens is 1. The number of likely N-dealkylation sites (tertiary alicyclic amines) is 1. The first kappa shape index (κ1) is 19.9. The van der Waals surface area contributed by atoms with E-state index in [1.807, 2.05) is 18.2 Å². The van der Waals surface area contributed by atoms with E-state index < -0.39 is 18.0 Å². The lowest BCUT2D eigenvalue weighted by Gasteiger charge is -2.36. The zero-order valence-corrected chi connectivity index (χ0v) is 16.4. The van der Waals surface area contributed by atoms with E-state index in [-0.39, 0.29) is 18.2 Å². The van der Waals surface area contributed by atoms with Crippen molar-refractivity contribution in [2.24, 2.45) is 0 Å². The number of carbonyl (C=O) groups excluding carboxylic acids is 1. The summed E-state index contributed by atoms with van der Waals surface area (Å²) in [5.74, 6) is 0.0299. The zero-order valence-electron chi connectivity index (χ0n) is 16.4. The van der Waals surface area contributed by atoms with Gasteiger partial charge < -0.3 is 19.5 Å². The van der Waals surface area contributed by atoms with Crippen molar-refractivity contribution in [2.45, 2.75) is 18.6 Å². The Morgan fingerprint density at radius 3 is 2.83 bits per heavy atom. The summed E-state index contributed by atoms with van der Waals surface area (Å²) in [6.07, 6.45) is 2.49. The summed E-state index contributed by atoms with van der Waals surface area (Å²) in [4.78, 5) is 14.6. The molecule has 3 aromatic rings. The first-order chi connectivity index (χ1) is 14.5. The van der Waals surface area contributed by atoms with Gasteiger partial charge in [0.25, 0.3) is 5.91 Å². The average Bonchev–Trinajstić information content (AvgIpc) is 3.31. The molecule has 1 amide bonds. The predicted octanol–water partition coefficient (Wildman–Crippen LogP) is 2.88. The Labute approximate surface area is 173 Å². The molecule has 1 aliphatic heterocycles. The number of benzene rings is 2. The van der Waals surface area contributed by atoms with E-state index in [2.05, 4.69) is 10.2 Å². The molecule has 0 bridgehead atoms. The molecule has 4 rings (SSSR count). The molecule has 0 radical (unpaired) electrons. The van der Waals surface area contributed by atoms with Gasteiger partial charge in [0.2, 0.25) is 0 Å². The summed E-state index contributed by atoms with van der Waals surface area (Å²) >= 11 is 0. The normalized spacial score (nSPS) is 18.8. The quantitative estimate of drug-likeness (QED) is 0.674. The van der Waals surface area contributed by atoms with E-state index >= 15 is 0 Å². The topological polar surface area (TPSA) is 87.7 Å². The number of β-amino-alcohol motifs (C(OH)–C–C–N with tert-alkyl or cyclic N) is 1. The minimum atomic E-state index is -0.880. The number of hydrogen-bond acceptors (Lipinski definition) is 5. The monoisotopic (exact) mass is 411 g/mol. The number of hydrogen-bond donors (Lipinski definition) is 2. The molecule has 0 unspecified atom stereocenters. The Morgan fingerprint density at radius 2 is 2.10 bits per heavy atom. The smallest absolute Gasteiger partial charge is 0.253 e. The van der Waals surface area contributed by atoms with Crippen LogP contribution in [0.15, 0.2) is 54.9 Å². The molecule has 0 saturated carbocycles. The number of nitrogens with one attached hydrogen (secondary N) is 1. The molecule has 2 aromatic carbocycles. The van der Waals surface area contributed by atoms with Crippen LogP contribution >= 0.6 is 0 Å². The maximum atomic E-state index is 13.4. The maximum Gasteiger partial charge on any atom is 0.253 e. The number of aliphatic hydroxyl groups is 1. The van der Waals surface area contributed by atoms with Crippen LogP contribution in [0.4, 0.5) is 4.39 Å². The fourth-order valence-corrected chi connectivity index (χ4v) is 3.56. The van der Waals surface area contributed by atoms with Gasteiger partial charge in [-0.25, -0.2) is 4.39 Å². The summed E-state index contributed by atoms with van der Waals surface area (Å²) in [7, 11) is 1.43. The highest BCUT2D eigenvalue weighted by Gasteiger charge is 2.32. The molecular formula is C22H22FN3O4. The first-order valence-corrected chi connectivity index (χ1v) is 9.62. The van der Waals surface area contributed by atoms with Gasteiger partial charge in [0, 0.05) is 36.4 Å². The lowest BCUT2D eigenvalue weighted by Crippen LogP contribution is -2.51. The van der Waals surface area contributed by atoms with Crippen LogP contribution < -0.4 is 9.47 Å². The second-order valence-electron chi connectivity index (χ2n) is 7.13. The number of carbonyl (C=O) groups is 1. The molecule has 1 fully saturated rings. The summed E-state index contributed by atoms with van der Waals surface area (Å²) in [6, 6.07) is 11.3.